The fraction of sp³-hybridized carbons (Fsp3) is 0.969. The second-order valence-electron chi connectivity index (χ2n) is 12.9. The highest BCUT2D eigenvalue weighted by molar-refractivity contribution is 5.77. The van der Waals surface area contributed by atoms with Crippen molar-refractivity contribution in [2.75, 3.05) is 6.61 Å². The molecule has 0 aromatic carbocycles. The Bertz CT molecular complexity index is 545. The Balaban J connectivity index is 1.51. The summed E-state index contributed by atoms with van der Waals surface area (Å²) in [6.45, 7) is 7.66. The highest BCUT2D eigenvalue weighted by Gasteiger charge is 2.44. The molecule has 0 atom stereocenters. The van der Waals surface area contributed by atoms with Gasteiger partial charge in [0.1, 0.15) is 0 Å². The van der Waals surface area contributed by atoms with Crippen molar-refractivity contribution >= 4 is 5.97 Å². The number of hydrogen-bond donors (Lipinski definition) is 0. The minimum Gasteiger partial charge on any atom is -0.465 e. The number of hydrogen-bond acceptors (Lipinski definition) is 2. The zero-order chi connectivity index (χ0) is 24.2. The van der Waals surface area contributed by atoms with Gasteiger partial charge in [-0.2, -0.15) is 0 Å². The average molecular weight is 475 g/mol. The van der Waals surface area contributed by atoms with E-state index >= 15 is 0 Å². The Labute approximate surface area is 212 Å². The molecule has 0 unspecified atom stereocenters. The van der Waals surface area contributed by atoms with Crippen LogP contribution in [0.25, 0.3) is 0 Å². The van der Waals surface area contributed by atoms with Crippen LogP contribution in [0.3, 0.4) is 0 Å². The Hall–Kier alpha value is -0.530. The van der Waals surface area contributed by atoms with Crippen molar-refractivity contribution in [3.63, 3.8) is 0 Å². The Morgan fingerprint density at radius 2 is 1.29 bits per heavy atom. The van der Waals surface area contributed by atoms with E-state index in [1.54, 1.807) is 0 Å². The number of esters is 1. The number of carbonyl (C=O) groups excluding carboxylic acids is 1. The molecule has 0 bridgehead atoms. The standard InChI is InChI=1S/C32H58O2/c1-4-6-7-8-9-25-34-31(33)32(22-19-28-15-13-27(10-5-2)14-16-28)23-20-30(21-24-32)29-17-11-26(3)12-18-29/h26-30H,4-25H2,1-3H3/t26?,27-,28-,29?,30?,32?. The first-order valence-corrected chi connectivity index (χ1v) is 15.7. The minimum absolute atomic E-state index is 0.165. The molecule has 0 heterocycles. The molecular formula is C32H58O2. The lowest BCUT2D eigenvalue weighted by Crippen LogP contribution is -2.39. The van der Waals surface area contributed by atoms with E-state index in [0.29, 0.717) is 6.61 Å². The molecular weight excluding hydrogens is 416 g/mol. The first-order chi connectivity index (χ1) is 16.6. The molecule has 0 N–H and O–H groups in total. The van der Waals surface area contributed by atoms with Crippen molar-refractivity contribution in [3.8, 4) is 0 Å². The van der Waals surface area contributed by atoms with Crippen molar-refractivity contribution in [2.24, 2.45) is 35.0 Å². The molecule has 2 nitrogen and oxygen atoms in total. The topological polar surface area (TPSA) is 26.3 Å². The molecule has 0 saturated heterocycles. The average Bonchev–Trinajstić information content (AvgIpc) is 2.86. The maximum atomic E-state index is 13.5. The molecule has 0 aromatic heterocycles. The van der Waals surface area contributed by atoms with Gasteiger partial charge in [0.05, 0.1) is 12.0 Å². The highest BCUT2D eigenvalue weighted by atomic mass is 16.5. The van der Waals surface area contributed by atoms with Crippen LogP contribution in [0.2, 0.25) is 0 Å². The quantitative estimate of drug-likeness (QED) is 0.196. The van der Waals surface area contributed by atoms with E-state index in [2.05, 4.69) is 20.8 Å². The summed E-state index contributed by atoms with van der Waals surface area (Å²) in [5, 5.41) is 0. The lowest BCUT2D eigenvalue weighted by molar-refractivity contribution is -0.160. The van der Waals surface area contributed by atoms with E-state index in [9.17, 15) is 4.79 Å². The van der Waals surface area contributed by atoms with Gasteiger partial charge < -0.3 is 4.74 Å². The van der Waals surface area contributed by atoms with Crippen LogP contribution in [0.15, 0.2) is 0 Å². The molecule has 3 aliphatic carbocycles. The summed E-state index contributed by atoms with van der Waals surface area (Å²) in [4.78, 5) is 13.5. The smallest absolute Gasteiger partial charge is 0.312 e. The predicted molar refractivity (Wildman–Crippen MR) is 145 cm³/mol. The zero-order valence-electron chi connectivity index (χ0n) is 23.3. The van der Waals surface area contributed by atoms with Gasteiger partial charge in [0.25, 0.3) is 0 Å². The molecule has 3 aliphatic rings. The first kappa shape index (κ1) is 28.0. The Morgan fingerprint density at radius 3 is 1.91 bits per heavy atom. The largest absolute Gasteiger partial charge is 0.465 e. The molecule has 34 heavy (non-hydrogen) atoms. The number of ether oxygens (including phenoxy) is 1. The Kier molecular flexibility index (Phi) is 12.3. The molecule has 2 heteroatoms. The van der Waals surface area contributed by atoms with Crippen LogP contribution in [-0.2, 0) is 9.53 Å². The van der Waals surface area contributed by atoms with E-state index in [4.69, 9.17) is 4.74 Å². The Morgan fingerprint density at radius 1 is 0.706 bits per heavy atom. The third-order valence-corrected chi connectivity index (χ3v) is 10.3. The number of carbonyl (C=O) groups is 1. The van der Waals surface area contributed by atoms with Gasteiger partial charge in [-0.3, -0.25) is 4.79 Å². The van der Waals surface area contributed by atoms with Crippen molar-refractivity contribution in [1.29, 1.82) is 0 Å². The van der Waals surface area contributed by atoms with Crippen LogP contribution in [0, 0.1) is 35.0 Å². The number of unbranched alkanes of at least 4 members (excludes halogenated alkanes) is 4. The van der Waals surface area contributed by atoms with Crippen LogP contribution in [-0.4, -0.2) is 12.6 Å². The predicted octanol–water partition coefficient (Wildman–Crippen LogP) is 9.89. The van der Waals surface area contributed by atoms with Crippen LogP contribution >= 0.6 is 0 Å². The van der Waals surface area contributed by atoms with Crippen molar-refractivity contribution in [1.82, 2.24) is 0 Å². The monoisotopic (exact) mass is 474 g/mol. The summed E-state index contributed by atoms with van der Waals surface area (Å²) >= 11 is 0. The molecule has 0 amide bonds. The van der Waals surface area contributed by atoms with Gasteiger partial charge in [-0.1, -0.05) is 97.8 Å². The summed E-state index contributed by atoms with van der Waals surface area (Å²) in [6.07, 6.45) is 27.3. The van der Waals surface area contributed by atoms with Crippen LogP contribution in [0.4, 0.5) is 0 Å². The molecule has 0 spiro atoms. The van der Waals surface area contributed by atoms with Crippen molar-refractivity contribution < 1.29 is 9.53 Å². The summed E-state index contributed by atoms with van der Waals surface area (Å²) in [5.41, 5.74) is -0.165. The fourth-order valence-electron chi connectivity index (χ4n) is 7.70. The minimum atomic E-state index is -0.165. The molecule has 198 valence electrons. The van der Waals surface area contributed by atoms with Gasteiger partial charge >= 0.3 is 5.97 Å². The summed E-state index contributed by atoms with van der Waals surface area (Å²) in [6, 6.07) is 0. The van der Waals surface area contributed by atoms with Gasteiger partial charge in [0.2, 0.25) is 0 Å². The van der Waals surface area contributed by atoms with Gasteiger partial charge in [0, 0.05) is 0 Å². The molecule has 3 fully saturated rings. The van der Waals surface area contributed by atoms with Crippen LogP contribution in [0.5, 0.6) is 0 Å². The second-order valence-corrected chi connectivity index (χ2v) is 12.9. The van der Waals surface area contributed by atoms with Gasteiger partial charge in [0.15, 0.2) is 0 Å². The normalized spacial score (nSPS) is 34.6. The number of rotatable bonds is 13. The summed E-state index contributed by atoms with van der Waals surface area (Å²) in [5.74, 6) is 4.73. The molecule has 3 saturated carbocycles. The van der Waals surface area contributed by atoms with E-state index in [1.165, 1.54) is 109 Å². The highest BCUT2D eigenvalue weighted by Crippen LogP contribution is 2.49. The molecule has 0 radical (unpaired) electrons. The van der Waals surface area contributed by atoms with Gasteiger partial charge in [-0.25, -0.2) is 0 Å². The van der Waals surface area contributed by atoms with E-state index in [0.717, 1.165) is 55.3 Å². The third kappa shape index (κ3) is 8.55. The van der Waals surface area contributed by atoms with Crippen LogP contribution < -0.4 is 0 Å². The summed E-state index contributed by atoms with van der Waals surface area (Å²) in [7, 11) is 0. The first-order valence-electron chi connectivity index (χ1n) is 15.7. The second kappa shape index (κ2) is 14.9. The van der Waals surface area contributed by atoms with Crippen molar-refractivity contribution in [2.45, 2.75) is 156 Å². The van der Waals surface area contributed by atoms with E-state index in [-0.39, 0.29) is 11.4 Å². The van der Waals surface area contributed by atoms with Crippen molar-refractivity contribution in [3.05, 3.63) is 0 Å². The molecule has 3 rings (SSSR count). The lowest BCUT2D eigenvalue weighted by Gasteiger charge is -2.43. The van der Waals surface area contributed by atoms with Gasteiger partial charge in [-0.15, -0.1) is 0 Å². The SMILES string of the molecule is CCCCCCCOC(=O)C1(CC[C@H]2CC[C@H](CCC)CC2)CCC(C2CCC(C)CC2)CC1. The lowest BCUT2D eigenvalue weighted by atomic mass is 9.62. The molecule has 0 aromatic rings. The third-order valence-electron chi connectivity index (χ3n) is 10.3. The summed E-state index contributed by atoms with van der Waals surface area (Å²) < 4.78 is 6.01. The van der Waals surface area contributed by atoms with E-state index < -0.39 is 0 Å². The van der Waals surface area contributed by atoms with Gasteiger partial charge in [-0.05, 0) is 87.4 Å². The zero-order valence-corrected chi connectivity index (χ0v) is 23.3. The maximum Gasteiger partial charge on any atom is 0.312 e. The van der Waals surface area contributed by atoms with Crippen LogP contribution in [0.1, 0.15) is 156 Å². The van der Waals surface area contributed by atoms with E-state index in [1.807, 2.05) is 0 Å². The maximum absolute atomic E-state index is 13.5. The molecule has 0 aliphatic heterocycles. The fourth-order valence-corrected chi connectivity index (χ4v) is 7.70.